The van der Waals surface area contributed by atoms with Crippen LogP contribution < -0.4 is 10.1 Å². The zero-order valence-electron chi connectivity index (χ0n) is 11.9. The number of aryl methyl sites for hydroxylation is 1. The van der Waals surface area contributed by atoms with Gasteiger partial charge >= 0.3 is 0 Å². The van der Waals surface area contributed by atoms with E-state index in [1.165, 1.54) is 0 Å². The SMILES string of the molecule is CCNc1nc(C)cc(OCCOC(C)(C)C)n1. The molecule has 0 atom stereocenters. The quantitative estimate of drug-likeness (QED) is 0.789. The summed E-state index contributed by atoms with van der Waals surface area (Å²) in [6.45, 7) is 11.8. The summed E-state index contributed by atoms with van der Waals surface area (Å²) in [6, 6.07) is 1.82. The highest BCUT2D eigenvalue weighted by molar-refractivity contribution is 5.30. The summed E-state index contributed by atoms with van der Waals surface area (Å²) in [4.78, 5) is 8.51. The van der Waals surface area contributed by atoms with Crippen molar-refractivity contribution in [2.75, 3.05) is 25.1 Å². The lowest BCUT2D eigenvalue weighted by molar-refractivity contribution is -0.0168. The standard InChI is InChI=1S/C13H23N3O2/c1-6-14-12-15-10(2)9-11(16-12)17-7-8-18-13(3,4)5/h9H,6-8H2,1-5H3,(H,14,15,16). The summed E-state index contributed by atoms with van der Waals surface area (Å²) < 4.78 is 11.1. The van der Waals surface area contributed by atoms with E-state index in [0.29, 0.717) is 25.0 Å². The van der Waals surface area contributed by atoms with Gasteiger partial charge in [-0.3, -0.25) is 0 Å². The van der Waals surface area contributed by atoms with Crippen LogP contribution in [0.2, 0.25) is 0 Å². The number of hydrogen-bond acceptors (Lipinski definition) is 5. The van der Waals surface area contributed by atoms with E-state index >= 15 is 0 Å². The number of anilines is 1. The van der Waals surface area contributed by atoms with Gasteiger partial charge in [0.2, 0.25) is 11.8 Å². The molecular formula is C13H23N3O2. The van der Waals surface area contributed by atoms with E-state index < -0.39 is 0 Å². The van der Waals surface area contributed by atoms with Crippen molar-refractivity contribution in [2.45, 2.75) is 40.2 Å². The Labute approximate surface area is 109 Å². The fourth-order valence-electron chi connectivity index (χ4n) is 1.34. The molecule has 0 fully saturated rings. The van der Waals surface area contributed by atoms with Crippen LogP contribution in [0.5, 0.6) is 5.88 Å². The second-order valence-corrected chi connectivity index (χ2v) is 5.01. The number of aromatic nitrogens is 2. The van der Waals surface area contributed by atoms with Crippen LogP contribution in [0.15, 0.2) is 6.07 Å². The predicted octanol–water partition coefficient (Wildman–Crippen LogP) is 2.41. The molecule has 5 heteroatoms. The molecule has 0 saturated carbocycles. The Morgan fingerprint density at radius 3 is 2.56 bits per heavy atom. The third kappa shape index (κ3) is 5.82. The van der Waals surface area contributed by atoms with Crippen LogP contribution in [0.25, 0.3) is 0 Å². The highest BCUT2D eigenvalue weighted by atomic mass is 16.5. The summed E-state index contributed by atoms with van der Waals surface area (Å²) in [5.41, 5.74) is 0.743. The van der Waals surface area contributed by atoms with Gasteiger partial charge < -0.3 is 14.8 Å². The predicted molar refractivity (Wildman–Crippen MR) is 72.1 cm³/mol. The molecule has 1 N–H and O–H groups in total. The Bertz CT molecular complexity index is 375. The van der Waals surface area contributed by atoms with E-state index in [9.17, 15) is 0 Å². The average Bonchev–Trinajstić information content (AvgIpc) is 2.23. The molecule has 1 rings (SSSR count). The first-order chi connectivity index (χ1) is 8.40. The molecule has 1 aromatic rings. The lowest BCUT2D eigenvalue weighted by atomic mass is 10.2. The summed E-state index contributed by atoms with van der Waals surface area (Å²) in [7, 11) is 0. The van der Waals surface area contributed by atoms with E-state index in [1.54, 1.807) is 0 Å². The Morgan fingerprint density at radius 2 is 1.94 bits per heavy atom. The molecular weight excluding hydrogens is 230 g/mol. The molecule has 0 unspecified atom stereocenters. The minimum Gasteiger partial charge on any atom is -0.475 e. The van der Waals surface area contributed by atoms with Gasteiger partial charge in [0.1, 0.15) is 6.61 Å². The second-order valence-electron chi connectivity index (χ2n) is 5.01. The molecule has 0 bridgehead atoms. The third-order valence-electron chi connectivity index (χ3n) is 2.03. The van der Waals surface area contributed by atoms with E-state index in [-0.39, 0.29) is 5.60 Å². The van der Waals surface area contributed by atoms with Gasteiger partial charge in [-0.2, -0.15) is 4.98 Å². The molecule has 102 valence electrons. The fourth-order valence-corrected chi connectivity index (χ4v) is 1.34. The van der Waals surface area contributed by atoms with Crippen LogP contribution in [0, 0.1) is 6.92 Å². The lowest BCUT2D eigenvalue weighted by Gasteiger charge is -2.19. The molecule has 0 radical (unpaired) electrons. The van der Waals surface area contributed by atoms with Gasteiger partial charge in [0.05, 0.1) is 12.2 Å². The average molecular weight is 253 g/mol. The van der Waals surface area contributed by atoms with Crippen molar-refractivity contribution >= 4 is 5.95 Å². The zero-order chi connectivity index (χ0) is 13.6. The number of hydrogen-bond donors (Lipinski definition) is 1. The Kier molecular flexibility index (Phi) is 5.34. The molecule has 5 nitrogen and oxygen atoms in total. The largest absolute Gasteiger partial charge is 0.475 e. The first-order valence-electron chi connectivity index (χ1n) is 6.27. The summed E-state index contributed by atoms with van der Waals surface area (Å²) in [5, 5.41) is 3.07. The Balaban J connectivity index is 2.46. The van der Waals surface area contributed by atoms with E-state index in [1.807, 2.05) is 40.7 Å². The number of ether oxygens (including phenoxy) is 2. The lowest BCUT2D eigenvalue weighted by Crippen LogP contribution is -2.22. The minimum absolute atomic E-state index is 0.139. The molecule has 0 spiro atoms. The van der Waals surface area contributed by atoms with Crippen molar-refractivity contribution in [3.05, 3.63) is 11.8 Å². The van der Waals surface area contributed by atoms with Crippen molar-refractivity contribution in [2.24, 2.45) is 0 Å². The van der Waals surface area contributed by atoms with Crippen molar-refractivity contribution in [3.63, 3.8) is 0 Å². The van der Waals surface area contributed by atoms with Crippen LogP contribution in [-0.4, -0.2) is 35.3 Å². The molecule has 1 aromatic heterocycles. The second kappa shape index (κ2) is 6.54. The molecule has 0 aromatic carbocycles. The van der Waals surface area contributed by atoms with Gasteiger partial charge in [-0.1, -0.05) is 0 Å². The third-order valence-corrected chi connectivity index (χ3v) is 2.03. The van der Waals surface area contributed by atoms with Gasteiger partial charge in [-0.05, 0) is 34.6 Å². The monoisotopic (exact) mass is 253 g/mol. The molecule has 0 saturated heterocycles. The highest BCUT2D eigenvalue weighted by Crippen LogP contribution is 2.12. The number of nitrogens with one attached hydrogen (secondary N) is 1. The first kappa shape index (κ1) is 14.7. The molecule has 1 heterocycles. The number of rotatable bonds is 6. The summed E-state index contributed by atoms with van der Waals surface area (Å²) >= 11 is 0. The molecule has 0 aliphatic carbocycles. The smallest absolute Gasteiger partial charge is 0.226 e. The maximum atomic E-state index is 5.58. The van der Waals surface area contributed by atoms with Crippen molar-refractivity contribution < 1.29 is 9.47 Å². The molecule has 0 amide bonds. The topological polar surface area (TPSA) is 56.3 Å². The van der Waals surface area contributed by atoms with Gasteiger partial charge in [-0.15, -0.1) is 0 Å². The Morgan fingerprint density at radius 1 is 1.22 bits per heavy atom. The minimum atomic E-state index is -0.139. The van der Waals surface area contributed by atoms with Crippen LogP contribution >= 0.6 is 0 Å². The van der Waals surface area contributed by atoms with E-state index in [4.69, 9.17) is 9.47 Å². The van der Waals surface area contributed by atoms with Gasteiger partial charge in [-0.25, -0.2) is 4.98 Å². The molecule has 0 aliphatic rings. The van der Waals surface area contributed by atoms with Gasteiger partial charge in [0.15, 0.2) is 0 Å². The zero-order valence-corrected chi connectivity index (χ0v) is 11.9. The van der Waals surface area contributed by atoms with Crippen LogP contribution in [0.3, 0.4) is 0 Å². The van der Waals surface area contributed by atoms with Crippen LogP contribution in [0.1, 0.15) is 33.4 Å². The summed E-state index contributed by atoms with van der Waals surface area (Å²) in [6.07, 6.45) is 0. The van der Waals surface area contributed by atoms with Crippen LogP contribution in [0.4, 0.5) is 5.95 Å². The normalized spacial score (nSPS) is 11.4. The summed E-state index contributed by atoms with van der Waals surface area (Å²) in [5.74, 6) is 1.18. The molecule has 18 heavy (non-hydrogen) atoms. The highest BCUT2D eigenvalue weighted by Gasteiger charge is 2.09. The maximum absolute atomic E-state index is 5.58. The Hall–Kier alpha value is -1.36. The maximum Gasteiger partial charge on any atom is 0.226 e. The van der Waals surface area contributed by atoms with Crippen molar-refractivity contribution in [3.8, 4) is 5.88 Å². The van der Waals surface area contributed by atoms with Crippen molar-refractivity contribution in [1.29, 1.82) is 0 Å². The van der Waals surface area contributed by atoms with E-state index in [0.717, 1.165) is 12.2 Å². The van der Waals surface area contributed by atoms with Crippen LogP contribution in [-0.2, 0) is 4.74 Å². The fraction of sp³-hybridized carbons (Fsp3) is 0.692. The van der Waals surface area contributed by atoms with Crippen molar-refractivity contribution in [1.82, 2.24) is 9.97 Å². The van der Waals surface area contributed by atoms with Gasteiger partial charge in [0, 0.05) is 18.3 Å². The van der Waals surface area contributed by atoms with Gasteiger partial charge in [0.25, 0.3) is 0 Å². The van der Waals surface area contributed by atoms with E-state index in [2.05, 4.69) is 15.3 Å². The first-order valence-corrected chi connectivity index (χ1v) is 6.27. The number of nitrogens with zero attached hydrogens (tertiary/aromatic N) is 2. The molecule has 0 aliphatic heterocycles.